The van der Waals surface area contributed by atoms with E-state index in [2.05, 4.69) is 23.7 Å². The summed E-state index contributed by atoms with van der Waals surface area (Å²) in [5.41, 5.74) is 9.43. The van der Waals surface area contributed by atoms with Crippen LogP contribution in [0, 0.1) is 29.6 Å². The fraction of sp³-hybridized carbons (Fsp3) is 0.0417. The van der Waals surface area contributed by atoms with Crippen LogP contribution in [0.5, 0.6) is 0 Å². The van der Waals surface area contributed by atoms with E-state index in [1.165, 1.54) is 12.1 Å². The summed E-state index contributed by atoms with van der Waals surface area (Å²) in [6.07, 6.45) is 1.76. The van der Waals surface area contributed by atoms with E-state index in [0.29, 0.717) is 49.9 Å². The molecule has 2 heterocycles. The average molecular weight is 408 g/mol. The number of nitrogens with one attached hydrogen (secondary N) is 1. The predicted octanol–water partition coefficient (Wildman–Crippen LogP) is 2.95. The number of furan rings is 1. The lowest BCUT2D eigenvalue weighted by molar-refractivity contribution is 0.0697. The molecule has 4 N–H and O–H groups in total. The molecule has 0 atom stereocenters. The van der Waals surface area contributed by atoms with Crippen molar-refractivity contribution in [2.45, 2.75) is 6.92 Å². The van der Waals surface area contributed by atoms with Crippen molar-refractivity contribution in [3.8, 4) is 34.7 Å². The van der Waals surface area contributed by atoms with Gasteiger partial charge in [-0.05, 0) is 53.3 Å². The van der Waals surface area contributed by atoms with Crippen molar-refractivity contribution in [3.05, 3.63) is 74.8 Å². The average Bonchev–Trinajstić information content (AvgIpc) is 3.31. The highest BCUT2D eigenvalue weighted by molar-refractivity contribution is 5.88. The van der Waals surface area contributed by atoms with Gasteiger partial charge in [-0.2, -0.15) is 10.5 Å². The molecular weight excluding hydrogens is 392 g/mol. The Kier molecular flexibility index (Phi) is 4.58. The fourth-order valence-electron chi connectivity index (χ4n) is 3.67. The summed E-state index contributed by atoms with van der Waals surface area (Å²) in [6, 6.07) is 14.2. The Balaban J connectivity index is 1.89. The number of nitriles is 2. The van der Waals surface area contributed by atoms with Crippen LogP contribution in [-0.2, 0) is 0 Å². The second kappa shape index (κ2) is 7.25. The molecule has 7 nitrogen and oxygen atoms in total. The van der Waals surface area contributed by atoms with Crippen molar-refractivity contribution in [2.75, 3.05) is 5.73 Å². The molecule has 1 aliphatic heterocycles. The summed E-state index contributed by atoms with van der Waals surface area (Å²) in [6.45, 7) is 5.83. The van der Waals surface area contributed by atoms with Gasteiger partial charge in [0.2, 0.25) is 0 Å². The third-order valence-corrected chi connectivity index (χ3v) is 5.23. The fourth-order valence-corrected chi connectivity index (χ4v) is 3.67. The number of H-pyrrole nitrogens is 1. The third-order valence-electron chi connectivity index (χ3n) is 5.23. The minimum absolute atomic E-state index is 0.190. The Hall–Kier alpha value is -4.75. The van der Waals surface area contributed by atoms with E-state index in [1.54, 1.807) is 37.3 Å². The molecule has 31 heavy (non-hydrogen) atoms. The highest BCUT2D eigenvalue weighted by Crippen LogP contribution is 2.29. The molecule has 0 amide bonds. The maximum Gasteiger partial charge on any atom is 0.335 e. The lowest BCUT2D eigenvalue weighted by atomic mass is 10.0. The lowest BCUT2D eigenvalue weighted by Gasteiger charge is -2.10. The quantitative estimate of drug-likeness (QED) is 0.476. The number of aromatic carboxylic acids is 1. The number of rotatable bonds is 3. The molecule has 2 aromatic rings. The van der Waals surface area contributed by atoms with Gasteiger partial charge in [0.25, 0.3) is 0 Å². The van der Waals surface area contributed by atoms with Gasteiger partial charge in [-0.3, -0.25) is 0 Å². The first kappa shape index (κ1) is 19.6. The van der Waals surface area contributed by atoms with Crippen molar-refractivity contribution in [3.63, 3.8) is 0 Å². The zero-order chi connectivity index (χ0) is 22.3. The molecule has 0 saturated carbocycles. The van der Waals surface area contributed by atoms with Crippen molar-refractivity contribution in [1.82, 2.24) is 4.98 Å². The van der Waals surface area contributed by atoms with Crippen molar-refractivity contribution < 1.29 is 14.3 Å². The number of anilines is 1. The van der Waals surface area contributed by atoms with Crippen molar-refractivity contribution >= 4 is 24.4 Å². The van der Waals surface area contributed by atoms with Gasteiger partial charge in [0.05, 0.1) is 22.4 Å². The number of aromatic nitrogens is 1. The topological polar surface area (TPSA) is 140 Å². The molecule has 1 aromatic heterocycles. The number of carbonyl (C=O) groups is 1. The lowest BCUT2D eigenvalue weighted by Crippen LogP contribution is -2.21. The van der Waals surface area contributed by atoms with Crippen LogP contribution in [0.2, 0.25) is 0 Å². The van der Waals surface area contributed by atoms with E-state index in [-0.39, 0.29) is 11.4 Å². The van der Waals surface area contributed by atoms with Gasteiger partial charge in [0.15, 0.2) is 0 Å². The number of carboxylic acids is 1. The van der Waals surface area contributed by atoms with Crippen LogP contribution in [0.4, 0.5) is 5.82 Å². The summed E-state index contributed by atoms with van der Waals surface area (Å²) in [4.78, 5) is 14.0. The van der Waals surface area contributed by atoms with Crippen LogP contribution < -0.4 is 16.2 Å². The largest absolute Gasteiger partial charge is 0.478 e. The SMILES string of the molecule is C=c1c(C#N)c2[nH]c(N)c(C#N)c(C)c-2/c1=C\c1ccc(-c2ccc(C(=O)O)cc2)o1. The van der Waals surface area contributed by atoms with Gasteiger partial charge >= 0.3 is 5.97 Å². The smallest absolute Gasteiger partial charge is 0.335 e. The van der Waals surface area contributed by atoms with Crippen LogP contribution in [-0.4, -0.2) is 16.1 Å². The number of pyridine rings is 1. The molecule has 0 fully saturated rings. The molecule has 0 saturated heterocycles. The third kappa shape index (κ3) is 3.11. The standard InChI is InChI=1S/C24H16N4O3/c1-12-17(21-13(2)19(11-26)23(27)28-22(21)18(12)10-25)9-16-7-8-20(31-16)14-3-5-15(6-4-14)24(29)30/h3-9,28H,1,27H2,2H3,(H,29,30)/b17-9-. The second-order valence-electron chi connectivity index (χ2n) is 7.01. The maximum absolute atomic E-state index is 11.0. The Labute approximate surface area is 176 Å². The van der Waals surface area contributed by atoms with E-state index in [4.69, 9.17) is 15.3 Å². The molecule has 0 spiro atoms. The molecule has 150 valence electrons. The number of fused-ring (bicyclic) bond motifs is 1. The van der Waals surface area contributed by atoms with Crippen LogP contribution >= 0.6 is 0 Å². The number of hydrogen-bond donors (Lipinski definition) is 3. The first-order chi connectivity index (χ1) is 14.8. The number of nitrogens with zero attached hydrogens (tertiary/aromatic N) is 2. The molecule has 7 heteroatoms. The first-order valence-electron chi connectivity index (χ1n) is 9.23. The number of aromatic amines is 1. The Morgan fingerprint density at radius 2 is 1.84 bits per heavy atom. The van der Waals surface area contributed by atoms with E-state index in [1.807, 2.05) is 0 Å². The van der Waals surface area contributed by atoms with Crippen LogP contribution in [0.25, 0.3) is 35.2 Å². The summed E-state index contributed by atoms with van der Waals surface area (Å²) in [5, 5.41) is 29.3. The molecule has 0 bridgehead atoms. The van der Waals surface area contributed by atoms with Gasteiger partial charge in [-0.15, -0.1) is 0 Å². The molecule has 1 aliphatic carbocycles. The number of nitrogen functional groups attached to an aromatic ring is 1. The Morgan fingerprint density at radius 1 is 1.16 bits per heavy atom. The van der Waals surface area contributed by atoms with Gasteiger partial charge in [-0.1, -0.05) is 18.7 Å². The molecule has 0 radical (unpaired) electrons. The summed E-state index contributed by atoms with van der Waals surface area (Å²) >= 11 is 0. The van der Waals surface area contributed by atoms with Gasteiger partial charge in [-0.25, -0.2) is 4.79 Å². The first-order valence-corrected chi connectivity index (χ1v) is 9.23. The second-order valence-corrected chi connectivity index (χ2v) is 7.01. The summed E-state index contributed by atoms with van der Waals surface area (Å²) < 4.78 is 5.93. The normalized spacial score (nSPS) is 11.4. The van der Waals surface area contributed by atoms with Crippen LogP contribution in [0.3, 0.4) is 0 Å². The number of benzene rings is 1. The van der Waals surface area contributed by atoms with Gasteiger partial charge < -0.3 is 20.2 Å². The number of carboxylic acid groups (broad SMARTS) is 1. The van der Waals surface area contributed by atoms with E-state index in [9.17, 15) is 15.3 Å². The predicted molar refractivity (Wildman–Crippen MR) is 115 cm³/mol. The molecular formula is C24H16N4O3. The minimum Gasteiger partial charge on any atom is -0.478 e. The van der Waals surface area contributed by atoms with Gasteiger partial charge in [0, 0.05) is 11.1 Å². The monoisotopic (exact) mass is 408 g/mol. The van der Waals surface area contributed by atoms with E-state index in [0.717, 1.165) is 5.56 Å². The number of nitrogens with two attached hydrogens (primary N) is 1. The van der Waals surface area contributed by atoms with Crippen molar-refractivity contribution in [2.24, 2.45) is 0 Å². The Morgan fingerprint density at radius 3 is 2.45 bits per heavy atom. The van der Waals surface area contributed by atoms with Crippen molar-refractivity contribution in [1.29, 1.82) is 10.5 Å². The zero-order valence-corrected chi connectivity index (χ0v) is 16.5. The van der Waals surface area contributed by atoms with E-state index >= 15 is 0 Å². The molecule has 4 rings (SSSR count). The minimum atomic E-state index is -0.996. The molecule has 2 aliphatic rings. The Bertz CT molecular complexity index is 1510. The highest BCUT2D eigenvalue weighted by Gasteiger charge is 2.21. The summed E-state index contributed by atoms with van der Waals surface area (Å²) in [5.74, 6) is 0.290. The summed E-state index contributed by atoms with van der Waals surface area (Å²) in [7, 11) is 0. The maximum atomic E-state index is 11.0. The molecule has 1 aromatic carbocycles. The van der Waals surface area contributed by atoms with E-state index < -0.39 is 5.97 Å². The van der Waals surface area contributed by atoms with Gasteiger partial charge in [0.1, 0.15) is 29.5 Å². The van der Waals surface area contributed by atoms with Crippen LogP contribution in [0.15, 0.2) is 40.8 Å². The van der Waals surface area contributed by atoms with Crippen LogP contribution in [0.1, 0.15) is 32.8 Å². The number of hydrogen-bond acceptors (Lipinski definition) is 5. The zero-order valence-electron chi connectivity index (χ0n) is 16.5. The molecule has 0 unspecified atom stereocenters. The highest BCUT2D eigenvalue weighted by atomic mass is 16.4.